The Bertz CT molecular complexity index is 1080. The summed E-state index contributed by atoms with van der Waals surface area (Å²) >= 11 is 0. The van der Waals surface area contributed by atoms with Gasteiger partial charge in [-0.3, -0.25) is 0 Å². The van der Waals surface area contributed by atoms with Crippen LogP contribution in [0.1, 0.15) is 55.6 Å². The van der Waals surface area contributed by atoms with Gasteiger partial charge in [-0.15, -0.1) is 0 Å². The summed E-state index contributed by atoms with van der Waals surface area (Å²) < 4.78 is 83.9. The van der Waals surface area contributed by atoms with E-state index in [9.17, 15) is 26.3 Å². The van der Waals surface area contributed by atoms with Gasteiger partial charge in [0, 0.05) is 0 Å². The number of aryl methyl sites for hydroxylation is 8. The fraction of sp³-hybridized carbons (Fsp3) is 0.379. The third-order valence-electron chi connectivity index (χ3n) is 6.84. The van der Waals surface area contributed by atoms with Gasteiger partial charge in [0.2, 0.25) is 5.41 Å². The summed E-state index contributed by atoms with van der Waals surface area (Å²) in [4.78, 5) is 0. The zero-order valence-electron chi connectivity index (χ0n) is 21.4. The first-order valence-corrected chi connectivity index (χ1v) is 11.3. The minimum absolute atomic E-state index is 0.374. The molecule has 0 heterocycles. The predicted molar refractivity (Wildman–Crippen MR) is 130 cm³/mol. The molecule has 3 rings (SSSR count). The quantitative estimate of drug-likeness (QED) is 0.312. The second-order valence-electron chi connectivity index (χ2n) is 9.36. The van der Waals surface area contributed by atoms with Crippen molar-refractivity contribution in [3.8, 4) is 0 Å². The molecule has 0 bridgehead atoms. The van der Waals surface area contributed by atoms with Crippen LogP contribution >= 0.6 is 0 Å². The Kier molecular flexibility index (Phi) is 8.20. The minimum Gasteiger partial charge on any atom is -0.169 e. The molecule has 35 heavy (non-hydrogen) atoms. The van der Waals surface area contributed by atoms with E-state index >= 15 is 0 Å². The lowest BCUT2D eigenvalue weighted by molar-refractivity contribution is -0.288. The van der Waals surface area contributed by atoms with E-state index in [0.29, 0.717) is 22.3 Å². The minimum atomic E-state index is -5.55. The molecule has 0 aliphatic heterocycles. The Morgan fingerprint density at radius 1 is 0.371 bits per heavy atom. The number of hydrogen-bond donors (Lipinski definition) is 0. The van der Waals surface area contributed by atoms with Gasteiger partial charge >= 0.3 is 12.4 Å². The highest BCUT2D eigenvalue weighted by Gasteiger charge is 2.72. The van der Waals surface area contributed by atoms with Crippen molar-refractivity contribution in [3.63, 3.8) is 0 Å². The van der Waals surface area contributed by atoms with Crippen molar-refractivity contribution < 1.29 is 26.3 Å². The van der Waals surface area contributed by atoms with Gasteiger partial charge in [-0.25, -0.2) is 0 Å². The molecule has 3 aromatic rings. The molecule has 3 aromatic carbocycles. The molecular formula is C29H32F6. The Hall–Kier alpha value is -2.76. The van der Waals surface area contributed by atoms with E-state index in [4.69, 9.17) is 0 Å². The Morgan fingerprint density at radius 2 is 0.629 bits per heavy atom. The molecular weight excluding hydrogens is 462 g/mol. The second kappa shape index (κ2) is 10.1. The lowest BCUT2D eigenvalue weighted by Crippen LogP contribution is -2.54. The van der Waals surface area contributed by atoms with Crippen LogP contribution in [-0.2, 0) is 5.41 Å². The highest BCUT2D eigenvalue weighted by Crippen LogP contribution is 2.56. The summed E-state index contributed by atoms with van der Waals surface area (Å²) in [5.41, 5.74) is 1.86. The van der Waals surface area contributed by atoms with Crippen molar-refractivity contribution in [2.24, 2.45) is 0 Å². The average molecular weight is 495 g/mol. The van der Waals surface area contributed by atoms with Crippen LogP contribution in [0, 0.1) is 55.4 Å². The Morgan fingerprint density at radius 3 is 0.857 bits per heavy atom. The number of halogens is 6. The van der Waals surface area contributed by atoms with E-state index < -0.39 is 28.9 Å². The summed E-state index contributed by atoms with van der Waals surface area (Å²) in [7, 11) is 0. The monoisotopic (exact) mass is 494 g/mol. The third kappa shape index (κ3) is 5.57. The SMILES string of the molecule is Cc1cc(C)c(C)cc1C.Cc1ccc(C(c2ccc(C)c(C)c2)(C(F)(F)F)C(F)(F)F)cc1C. The van der Waals surface area contributed by atoms with Crippen LogP contribution < -0.4 is 0 Å². The molecule has 0 amide bonds. The summed E-state index contributed by atoms with van der Waals surface area (Å²) in [5, 5.41) is 0. The van der Waals surface area contributed by atoms with Crippen LogP contribution in [0.2, 0.25) is 0 Å². The van der Waals surface area contributed by atoms with Gasteiger partial charge in [0.1, 0.15) is 0 Å². The smallest absolute Gasteiger partial charge is 0.169 e. The van der Waals surface area contributed by atoms with E-state index in [-0.39, 0.29) is 0 Å². The number of hydrogen-bond acceptors (Lipinski definition) is 0. The van der Waals surface area contributed by atoms with E-state index in [1.807, 2.05) is 0 Å². The van der Waals surface area contributed by atoms with Crippen LogP contribution in [0.4, 0.5) is 26.3 Å². The Labute approximate surface area is 204 Å². The van der Waals surface area contributed by atoms with Crippen LogP contribution in [0.25, 0.3) is 0 Å². The molecule has 0 fully saturated rings. The first-order valence-electron chi connectivity index (χ1n) is 11.3. The standard InChI is InChI=1S/C19H18F6.C10H14/c1-11-5-7-15(9-13(11)3)17(18(20,21)22,19(23,24)25)16-8-6-12(2)14(4)10-16;1-7-5-9(3)10(4)6-8(7)2/h5-10H,1-4H3;5-6H,1-4H3. The van der Waals surface area contributed by atoms with Crippen molar-refractivity contribution in [1.82, 2.24) is 0 Å². The molecule has 0 nitrogen and oxygen atoms in total. The normalized spacial score (nSPS) is 12.3. The maximum absolute atomic E-state index is 14.0. The molecule has 0 aliphatic carbocycles. The largest absolute Gasteiger partial charge is 0.411 e. The lowest BCUT2D eigenvalue weighted by atomic mass is 9.71. The van der Waals surface area contributed by atoms with Crippen molar-refractivity contribution in [2.45, 2.75) is 73.2 Å². The highest BCUT2D eigenvalue weighted by atomic mass is 19.4. The molecule has 0 radical (unpaired) electrons. The number of benzene rings is 3. The topological polar surface area (TPSA) is 0 Å². The maximum Gasteiger partial charge on any atom is 0.411 e. The molecule has 0 N–H and O–H groups in total. The Balaban J connectivity index is 0.000000360. The highest BCUT2D eigenvalue weighted by molar-refractivity contribution is 5.48. The fourth-order valence-electron chi connectivity index (χ4n) is 4.04. The van der Waals surface area contributed by atoms with E-state index in [2.05, 4.69) is 39.8 Å². The van der Waals surface area contributed by atoms with Gasteiger partial charge in [0.05, 0.1) is 0 Å². The van der Waals surface area contributed by atoms with Crippen LogP contribution in [0.3, 0.4) is 0 Å². The molecule has 0 atom stereocenters. The predicted octanol–water partition coefficient (Wildman–Crippen LogP) is 9.25. The first-order chi connectivity index (χ1) is 15.9. The van der Waals surface area contributed by atoms with Crippen molar-refractivity contribution >= 4 is 0 Å². The first kappa shape index (κ1) is 28.5. The number of alkyl halides is 6. The zero-order valence-corrected chi connectivity index (χ0v) is 21.4. The van der Waals surface area contributed by atoms with Gasteiger partial charge < -0.3 is 0 Å². The molecule has 0 unspecified atom stereocenters. The maximum atomic E-state index is 14.0. The van der Waals surface area contributed by atoms with Crippen molar-refractivity contribution in [3.05, 3.63) is 104 Å². The van der Waals surface area contributed by atoms with Crippen LogP contribution in [0.15, 0.2) is 48.5 Å². The van der Waals surface area contributed by atoms with E-state index in [0.717, 1.165) is 24.3 Å². The van der Waals surface area contributed by atoms with Crippen molar-refractivity contribution in [1.29, 1.82) is 0 Å². The fourth-order valence-corrected chi connectivity index (χ4v) is 4.04. The van der Waals surface area contributed by atoms with E-state index in [1.54, 1.807) is 13.8 Å². The molecule has 6 heteroatoms. The molecule has 0 saturated heterocycles. The summed E-state index contributed by atoms with van der Waals surface area (Å²) in [6.45, 7) is 14.9. The third-order valence-corrected chi connectivity index (χ3v) is 6.84. The summed E-state index contributed by atoms with van der Waals surface area (Å²) in [5.74, 6) is 0. The van der Waals surface area contributed by atoms with Crippen LogP contribution in [-0.4, -0.2) is 12.4 Å². The molecule has 0 aromatic heterocycles. The van der Waals surface area contributed by atoms with Gasteiger partial charge in [-0.2, -0.15) is 26.3 Å². The average Bonchev–Trinajstić information content (AvgIpc) is 2.71. The zero-order chi connectivity index (χ0) is 26.9. The van der Waals surface area contributed by atoms with Crippen molar-refractivity contribution in [2.75, 3.05) is 0 Å². The van der Waals surface area contributed by atoms with Gasteiger partial charge in [0.25, 0.3) is 0 Å². The van der Waals surface area contributed by atoms with Gasteiger partial charge in [-0.1, -0.05) is 48.5 Å². The molecule has 190 valence electrons. The van der Waals surface area contributed by atoms with Crippen LogP contribution in [0.5, 0.6) is 0 Å². The van der Waals surface area contributed by atoms with E-state index in [1.165, 1.54) is 48.2 Å². The molecule has 0 aliphatic rings. The second-order valence-corrected chi connectivity index (χ2v) is 9.36. The molecule has 0 spiro atoms. The summed E-state index contributed by atoms with van der Waals surface area (Å²) in [6.07, 6.45) is -11.1. The lowest BCUT2D eigenvalue weighted by Gasteiger charge is -2.38. The molecule has 0 saturated carbocycles. The van der Waals surface area contributed by atoms with Gasteiger partial charge in [-0.05, 0) is 111 Å². The summed E-state index contributed by atoms with van der Waals surface area (Å²) in [6, 6.07) is 10.8. The number of rotatable bonds is 2. The van der Waals surface area contributed by atoms with Gasteiger partial charge in [0.15, 0.2) is 0 Å².